The summed E-state index contributed by atoms with van der Waals surface area (Å²) in [4.78, 5) is 0. The summed E-state index contributed by atoms with van der Waals surface area (Å²) in [5.74, 6) is 0. The average Bonchev–Trinajstić information content (AvgIpc) is 2.41. The van der Waals surface area contributed by atoms with Crippen molar-refractivity contribution < 1.29 is 4.74 Å². The van der Waals surface area contributed by atoms with Gasteiger partial charge in [-0.3, -0.25) is 0 Å². The summed E-state index contributed by atoms with van der Waals surface area (Å²) in [6.07, 6.45) is 0. The summed E-state index contributed by atoms with van der Waals surface area (Å²) in [5.41, 5.74) is 2.93. The van der Waals surface area contributed by atoms with Crippen molar-refractivity contribution in [2.24, 2.45) is 0 Å². The van der Waals surface area contributed by atoms with E-state index in [-0.39, 0.29) is 0 Å². The van der Waals surface area contributed by atoms with Crippen LogP contribution in [0, 0.1) is 11.3 Å². The van der Waals surface area contributed by atoms with Crippen LogP contribution in [0.3, 0.4) is 0 Å². The molecule has 0 aliphatic heterocycles. The highest BCUT2D eigenvalue weighted by Crippen LogP contribution is 2.07. The van der Waals surface area contributed by atoms with Gasteiger partial charge in [0.25, 0.3) is 0 Å². The van der Waals surface area contributed by atoms with E-state index >= 15 is 0 Å². The summed E-state index contributed by atoms with van der Waals surface area (Å²) in [6, 6.07) is 19.6. The summed E-state index contributed by atoms with van der Waals surface area (Å²) in [5, 5.41) is 8.67. The van der Waals surface area contributed by atoms with E-state index in [9.17, 15) is 0 Å². The minimum atomic E-state index is 0.570. The Hall–Kier alpha value is -2.11. The Morgan fingerprint density at radius 2 is 1.41 bits per heavy atom. The Morgan fingerprint density at radius 3 is 2.00 bits per heavy atom. The van der Waals surface area contributed by atoms with Crippen LogP contribution in [-0.4, -0.2) is 0 Å². The predicted octanol–water partition coefficient (Wildman–Crippen LogP) is 3.28. The van der Waals surface area contributed by atoms with Gasteiger partial charge in [-0.25, -0.2) is 0 Å². The Morgan fingerprint density at radius 1 is 0.824 bits per heavy atom. The Balaban J connectivity index is 1.84. The molecule has 2 rings (SSSR count). The van der Waals surface area contributed by atoms with E-state index in [2.05, 4.69) is 6.07 Å². The molecule has 0 saturated carbocycles. The fourth-order valence-electron chi connectivity index (χ4n) is 1.54. The normalized spacial score (nSPS) is 9.82. The molecule has 0 fully saturated rings. The molecule has 2 nitrogen and oxygen atoms in total. The second kappa shape index (κ2) is 5.83. The van der Waals surface area contributed by atoms with Crippen LogP contribution in [0.1, 0.15) is 16.7 Å². The van der Waals surface area contributed by atoms with E-state index in [1.54, 1.807) is 12.1 Å². The third kappa shape index (κ3) is 3.44. The van der Waals surface area contributed by atoms with Gasteiger partial charge in [-0.2, -0.15) is 5.26 Å². The molecule has 0 atom stereocenters. The third-order valence-corrected chi connectivity index (χ3v) is 2.46. The van der Waals surface area contributed by atoms with Gasteiger partial charge in [0.05, 0.1) is 24.8 Å². The zero-order valence-corrected chi connectivity index (χ0v) is 9.47. The fraction of sp³-hybridized carbons (Fsp3) is 0.133. The van der Waals surface area contributed by atoms with Crippen LogP contribution in [0.2, 0.25) is 0 Å². The summed E-state index contributed by atoms with van der Waals surface area (Å²) in [7, 11) is 0. The molecular formula is C15H13NO. The topological polar surface area (TPSA) is 33.0 Å². The van der Waals surface area contributed by atoms with E-state index in [1.807, 2.05) is 42.5 Å². The molecule has 0 spiro atoms. The molecule has 2 aromatic rings. The number of hydrogen-bond donors (Lipinski definition) is 0. The van der Waals surface area contributed by atoms with Crippen LogP contribution in [-0.2, 0) is 18.0 Å². The average molecular weight is 223 g/mol. The second-order valence-electron chi connectivity index (χ2n) is 3.79. The smallest absolute Gasteiger partial charge is 0.0991 e. The minimum Gasteiger partial charge on any atom is -0.372 e. The van der Waals surface area contributed by atoms with Gasteiger partial charge in [-0.1, -0.05) is 42.5 Å². The maximum Gasteiger partial charge on any atom is 0.0991 e. The van der Waals surface area contributed by atoms with E-state index in [1.165, 1.54) is 5.56 Å². The van der Waals surface area contributed by atoms with Crippen molar-refractivity contribution >= 4 is 0 Å². The quantitative estimate of drug-likeness (QED) is 0.796. The van der Waals surface area contributed by atoms with Crippen LogP contribution >= 0.6 is 0 Å². The van der Waals surface area contributed by atoms with Crippen LogP contribution in [0.4, 0.5) is 0 Å². The van der Waals surface area contributed by atoms with Gasteiger partial charge in [0, 0.05) is 0 Å². The number of benzene rings is 2. The molecular weight excluding hydrogens is 210 g/mol. The van der Waals surface area contributed by atoms with Crippen LogP contribution in [0.25, 0.3) is 0 Å². The van der Waals surface area contributed by atoms with Crippen molar-refractivity contribution in [1.29, 1.82) is 5.26 Å². The number of ether oxygens (including phenoxy) is 1. The summed E-state index contributed by atoms with van der Waals surface area (Å²) >= 11 is 0. The summed E-state index contributed by atoms with van der Waals surface area (Å²) in [6.45, 7) is 1.18. The first-order valence-electron chi connectivity index (χ1n) is 5.49. The van der Waals surface area contributed by atoms with Gasteiger partial charge in [0.1, 0.15) is 0 Å². The van der Waals surface area contributed by atoms with Crippen molar-refractivity contribution in [3.8, 4) is 6.07 Å². The predicted molar refractivity (Wildman–Crippen MR) is 66.1 cm³/mol. The Bertz CT molecular complexity index is 497. The molecule has 0 N–H and O–H groups in total. The van der Waals surface area contributed by atoms with Crippen molar-refractivity contribution in [2.45, 2.75) is 13.2 Å². The molecule has 0 radical (unpaired) electrons. The molecule has 0 aliphatic carbocycles. The molecule has 0 saturated heterocycles. The minimum absolute atomic E-state index is 0.570. The van der Waals surface area contributed by atoms with E-state index in [0.29, 0.717) is 18.8 Å². The zero-order valence-electron chi connectivity index (χ0n) is 9.47. The maximum atomic E-state index is 8.67. The third-order valence-electron chi connectivity index (χ3n) is 2.46. The van der Waals surface area contributed by atoms with Gasteiger partial charge in [0.15, 0.2) is 0 Å². The molecule has 0 aromatic heterocycles. The van der Waals surface area contributed by atoms with Crippen molar-refractivity contribution in [3.63, 3.8) is 0 Å². The molecule has 0 heterocycles. The Kier molecular flexibility index (Phi) is 3.90. The first-order chi connectivity index (χ1) is 8.38. The van der Waals surface area contributed by atoms with Gasteiger partial charge in [-0.05, 0) is 23.3 Å². The number of rotatable bonds is 4. The monoisotopic (exact) mass is 223 g/mol. The molecule has 2 heteroatoms. The highest BCUT2D eigenvalue weighted by atomic mass is 16.5. The highest BCUT2D eigenvalue weighted by molar-refractivity contribution is 5.31. The lowest BCUT2D eigenvalue weighted by molar-refractivity contribution is 0.107. The first-order valence-corrected chi connectivity index (χ1v) is 5.49. The van der Waals surface area contributed by atoms with Crippen LogP contribution in [0.5, 0.6) is 0 Å². The highest BCUT2D eigenvalue weighted by Gasteiger charge is 1.95. The first kappa shape index (κ1) is 11.4. The maximum absolute atomic E-state index is 8.67. The van der Waals surface area contributed by atoms with Crippen LogP contribution in [0.15, 0.2) is 54.6 Å². The van der Waals surface area contributed by atoms with Crippen LogP contribution < -0.4 is 0 Å². The number of nitriles is 1. The fourth-order valence-corrected chi connectivity index (χ4v) is 1.54. The van der Waals surface area contributed by atoms with Gasteiger partial charge >= 0.3 is 0 Å². The second-order valence-corrected chi connectivity index (χ2v) is 3.79. The van der Waals surface area contributed by atoms with E-state index in [0.717, 1.165) is 5.56 Å². The van der Waals surface area contributed by atoms with E-state index < -0.39 is 0 Å². The zero-order chi connectivity index (χ0) is 11.9. The van der Waals surface area contributed by atoms with Crippen molar-refractivity contribution in [3.05, 3.63) is 71.3 Å². The number of hydrogen-bond acceptors (Lipinski definition) is 2. The lowest BCUT2D eigenvalue weighted by Crippen LogP contribution is -1.93. The number of nitrogens with zero attached hydrogens (tertiary/aromatic N) is 1. The molecule has 0 amide bonds. The molecule has 2 aromatic carbocycles. The van der Waals surface area contributed by atoms with Crippen molar-refractivity contribution in [1.82, 2.24) is 0 Å². The standard InChI is InChI=1S/C15H13NO/c16-10-13-6-8-15(9-7-13)12-17-11-14-4-2-1-3-5-14/h1-9H,11-12H2. The van der Waals surface area contributed by atoms with Crippen molar-refractivity contribution in [2.75, 3.05) is 0 Å². The summed E-state index contributed by atoms with van der Waals surface area (Å²) < 4.78 is 5.60. The lowest BCUT2D eigenvalue weighted by Gasteiger charge is -2.04. The largest absolute Gasteiger partial charge is 0.372 e. The molecule has 0 bridgehead atoms. The van der Waals surface area contributed by atoms with Gasteiger partial charge in [-0.15, -0.1) is 0 Å². The molecule has 0 unspecified atom stereocenters. The molecule has 84 valence electrons. The van der Waals surface area contributed by atoms with Gasteiger partial charge in [0.2, 0.25) is 0 Å². The van der Waals surface area contributed by atoms with Gasteiger partial charge < -0.3 is 4.74 Å². The Labute approximate surface area is 101 Å². The molecule has 0 aliphatic rings. The SMILES string of the molecule is N#Cc1ccc(COCc2ccccc2)cc1. The lowest BCUT2D eigenvalue weighted by atomic mass is 10.1. The van der Waals surface area contributed by atoms with E-state index in [4.69, 9.17) is 10.00 Å². The molecule has 17 heavy (non-hydrogen) atoms.